The summed E-state index contributed by atoms with van der Waals surface area (Å²) in [7, 11) is 0. The van der Waals surface area contributed by atoms with Crippen LogP contribution in [0.15, 0.2) is 46.0 Å². The fraction of sp³-hybridized carbons (Fsp3) is 0.467. The van der Waals surface area contributed by atoms with Gasteiger partial charge in [0.1, 0.15) is 0 Å². The fourth-order valence-corrected chi connectivity index (χ4v) is 1.57. The number of nitrogens with zero attached hydrogens (tertiary/aromatic N) is 1. The van der Waals surface area contributed by atoms with Crippen molar-refractivity contribution in [1.82, 2.24) is 0 Å². The summed E-state index contributed by atoms with van der Waals surface area (Å²) < 4.78 is 0. The molecule has 0 bridgehead atoms. The molecule has 1 nitrogen and oxygen atoms in total. The highest BCUT2D eigenvalue weighted by Gasteiger charge is 2.02. The van der Waals surface area contributed by atoms with Gasteiger partial charge >= 0.3 is 0 Å². The Morgan fingerprint density at radius 2 is 2.12 bits per heavy atom. The molecule has 1 atom stereocenters. The van der Waals surface area contributed by atoms with Gasteiger partial charge in [-0.3, -0.25) is 0 Å². The Morgan fingerprint density at radius 1 is 1.38 bits per heavy atom. The maximum Gasteiger partial charge on any atom is 0.0774 e. The summed E-state index contributed by atoms with van der Waals surface area (Å²) in [6.07, 6.45) is 10.5. The molecule has 0 aromatic carbocycles. The van der Waals surface area contributed by atoms with E-state index >= 15 is 0 Å². The van der Waals surface area contributed by atoms with Crippen LogP contribution >= 0.6 is 0 Å². The lowest BCUT2D eigenvalue weighted by atomic mass is 9.99. The second kappa shape index (κ2) is 6.30. The van der Waals surface area contributed by atoms with Gasteiger partial charge in [0.15, 0.2) is 0 Å². The summed E-state index contributed by atoms with van der Waals surface area (Å²) >= 11 is 0. The average Bonchev–Trinajstić information content (AvgIpc) is 2.27. The highest BCUT2D eigenvalue weighted by molar-refractivity contribution is 5.59. The molecule has 0 amide bonds. The quantitative estimate of drug-likeness (QED) is 0.668. The normalized spacial score (nSPS) is 26.5. The maximum absolute atomic E-state index is 4.31. The molecule has 1 unspecified atom stereocenters. The molecule has 1 aliphatic heterocycles. The van der Waals surface area contributed by atoms with E-state index in [-0.39, 0.29) is 6.04 Å². The molecule has 0 saturated carbocycles. The zero-order valence-electron chi connectivity index (χ0n) is 10.7. The van der Waals surface area contributed by atoms with E-state index in [1.807, 2.05) is 6.08 Å². The Hall–Kier alpha value is -1.33. The van der Waals surface area contributed by atoms with Crippen LogP contribution in [0.5, 0.6) is 0 Å². The van der Waals surface area contributed by atoms with Crippen LogP contribution in [0.1, 0.15) is 40.5 Å². The van der Waals surface area contributed by atoms with Crippen molar-refractivity contribution in [2.75, 3.05) is 0 Å². The Kier molecular flexibility index (Phi) is 5.01. The minimum atomic E-state index is 0.273. The standard InChI is InChI=1S/C15H21N/c1-5-12(3)13(4)14-8-7-11-16-15(6-2)10-9-14/h7-10,15H,5-6H2,1-4H3/b10-9-,13-12+,14-8+. The van der Waals surface area contributed by atoms with Crippen molar-refractivity contribution in [3.63, 3.8) is 0 Å². The van der Waals surface area contributed by atoms with E-state index in [0.29, 0.717) is 0 Å². The second-order valence-electron chi connectivity index (χ2n) is 4.14. The molecule has 0 aromatic heterocycles. The smallest absolute Gasteiger partial charge is 0.0774 e. The minimum absolute atomic E-state index is 0.273. The first-order chi connectivity index (χ1) is 7.69. The summed E-state index contributed by atoms with van der Waals surface area (Å²) in [5.41, 5.74) is 4.09. The maximum atomic E-state index is 4.31. The van der Waals surface area contributed by atoms with Crippen LogP contribution < -0.4 is 0 Å². The molecule has 0 N–H and O–H groups in total. The molecule has 1 rings (SSSR count). The van der Waals surface area contributed by atoms with Gasteiger partial charge in [0.2, 0.25) is 0 Å². The van der Waals surface area contributed by atoms with Gasteiger partial charge in [0.05, 0.1) is 6.04 Å². The van der Waals surface area contributed by atoms with Gasteiger partial charge in [-0.15, -0.1) is 0 Å². The molecule has 16 heavy (non-hydrogen) atoms. The lowest BCUT2D eigenvalue weighted by molar-refractivity contribution is 0.788. The van der Waals surface area contributed by atoms with Gasteiger partial charge in [0, 0.05) is 0 Å². The minimum Gasteiger partial charge on any atom is -0.236 e. The Balaban J connectivity index is 3.03. The molecule has 1 aliphatic rings. The summed E-state index contributed by atoms with van der Waals surface area (Å²) in [6.45, 7) is 8.71. The predicted molar refractivity (Wildman–Crippen MR) is 72.0 cm³/mol. The van der Waals surface area contributed by atoms with E-state index in [9.17, 15) is 0 Å². The van der Waals surface area contributed by atoms with Crippen LogP contribution in [-0.2, 0) is 0 Å². The van der Waals surface area contributed by atoms with E-state index < -0.39 is 0 Å². The summed E-state index contributed by atoms with van der Waals surface area (Å²) in [5.74, 6) is 2.98. The van der Waals surface area contributed by atoms with Gasteiger partial charge < -0.3 is 0 Å². The van der Waals surface area contributed by atoms with Gasteiger partial charge in [-0.05, 0) is 55.9 Å². The van der Waals surface area contributed by atoms with E-state index in [0.717, 1.165) is 12.8 Å². The van der Waals surface area contributed by atoms with Gasteiger partial charge in [-0.2, -0.15) is 0 Å². The van der Waals surface area contributed by atoms with Gasteiger partial charge in [0.25, 0.3) is 0 Å². The number of aliphatic imine (C=N–C) groups is 1. The first-order valence-corrected chi connectivity index (χ1v) is 6.02. The Morgan fingerprint density at radius 3 is 2.75 bits per heavy atom. The third kappa shape index (κ3) is 3.36. The van der Waals surface area contributed by atoms with Crippen LogP contribution in [0, 0.1) is 0 Å². The zero-order valence-corrected chi connectivity index (χ0v) is 10.7. The zero-order chi connectivity index (χ0) is 12.0. The molecule has 0 spiro atoms. The number of hydrogen-bond acceptors (Lipinski definition) is 1. The van der Waals surface area contributed by atoms with Gasteiger partial charge in [-0.25, -0.2) is 4.99 Å². The molecule has 0 saturated heterocycles. The molecular formula is C15H21N. The van der Waals surface area contributed by atoms with E-state index in [4.69, 9.17) is 0 Å². The molecule has 0 aromatic rings. The van der Waals surface area contributed by atoms with Crippen LogP contribution in [-0.4, -0.2) is 11.9 Å². The monoisotopic (exact) mass is 215 g/mol. The van der Waals surface area contributed by atoms with Crippen LogP contribution in [0.25, 0.3) is 0 Å². The van der Waals surface area contributed by atoms with Crippen LogP contribution in [0.4, 0.5) is 0 Å². The SMILES string of the molecule is CC/C(C)=C(C)/C1=C/C=C=NC(CC)/C=C\1. The van der Waals surface area contributed by atoms with Crippen molar-refractivity contribution in [2.45, 2.75) is 46.6 Å². The fourth-order valence-electron chi connectivity index (χ4n) is 1.57. The molecule has 0 fully saturated rings. The molecule has 1 heterocycles. The largest absolute Gasteiger partial charge is 0.236 e. The van der Waals surface area contributed by atoms with Crippen molar-refractivity contribution in [3.8, 4) is 0 Å². The lowest BCUT2D eigenvalue weighted by Gasteiger charge is -2.09. The van der Waals surface area contributed by atoms with Crippen LogP contribution in [0.3, 0.4) is 0 Å². The van der Waals surface area contributed by atoms with Gasteiger partial charge in [-0.1, -0.05) is 31.6 Å². The second-order valence-corrected chi connectivity index (χ2v) is 4.14. The van der Waals surface area contributed by atoms with Crippen LogP contribution in [0.2, 0.25) is 0 Å². The summed E-state index contributed by atoms with van der Waals surface area (Å²) in [4.78, 5) is 4.31. The van der Waals surface area contributed by atoms with E-state index in [2.05, 4.69) is 56.8 Å². The van der Waals surface area contributed by atoms with Crippen molar-refractivity contribution in [1.29, 1.82) is 0 Å². The third-order valence-corrected chi connectivity index (χ3v) is 3.10. The summed E-state index contributed by atoms with van der Waals surface area (Å²) in [5, 5.41) is 0. The first-order valence-electron chi connectivity index (χ1n) is 6.02. The van der Waals surface area contributed by atoms with Crippen molar-refractivity contribution in [2.24, 2.45) is 4.99 Å². The Bertz CT molecular complexity index is 388. The van der Waals surface area contributed by atoms with E-state index in [1.165, 1.54) is 16.7 Å². The highest BCUT2D eigenvalue weighted by atomic mass is 14.7. The molecular weight excluding hydrogens is 194 g/mol. The van der Waals surface area contributed by atoms with Crippen molar-refractivity contribution >= 4 is 5.87 Å². The average molecular weight is 215 g/mol. The topological polar surface area (TPSA) is 12.4 Å². The first kappa shape index (κ1) is 12.7. The number of rotatable bonds is 3. The molecule has 0 aliphatic carbocycles. The summed E-state index contributed by atoms with van der Waals surface area (Å²) in [6, 6.07) is 0.273. The van der Waals surface area contributed by atoms with Crippen molar-refractivity contribution < 1.29 is 0 Å². The molecule has 1 heteroatoms. The predicted octanol–water partition coefficient (Wildman–Crippen LogP) is 4.23. The number of hydrogen-bond donors (Lipinski definition) is 0. The highest BCUT2D eigenvalue weighted by Crippen LogP contribution is 2.19. The Labute approximate surface area is 99.0 Å². The number of allylic oxidation sites excluding steroid dienone is 6. The third-order valence-electron chi connectivity index (χ3n) is 3.10. The molecule has 86 valence electrons. The van der Waals surface area contributed by atoms with E-state index in [1.54, 1.807) is 0 Å². The molecule has 0 radical (unpaired) electrons. The lowest BCUT2D eigenvalue weighted by Crippen LogP contribution is -1.98. The van der Waals surface area contributed by atoms with Crippen molar-refractivity contribution in [3.05, 3.63) is 41.0 Å².